The Hall–Kier alpha value is -2.18. The van der Waals surface area contributed by atoms with Gasteiger partial charge >= 0.3 is 11.7 Å². The van der Waals surface area contributed by atoms with Crippen molar-refractivity contribution >= 4 is 17.5 Å². The minimum absolute atomic E-state index is 0.0698. The molecule has 1 aromatic heterocycles. The van der Waals surface area contributed by atoms with Crippen LogP contribution in [0.4, 0.5) is 11.5 Å². The van der Waals surface area contributed by atoms with Gasteiger partial charge in [-0.15, -0.1) is 0 Å². The van der Waals surface area contributed by atoms with Crippen molar-refractivity contribution < 1.29 is 14.5 Å². The number of hydrogen-bond donors (Lipinski definition) is 0. The standard InChI is InChI=1S/C12H17N3O4/c1-8-5-10(15(17)18)11(13-6-8)14(3)7-9(2)12(16)19-4/h5-6,9H,7H2,1-4H3. The normalized spacial score (nSPS) is 11.8. The molecule has 0 bridgehead atoms. The van der Waals surface area contributed by atoms with Gasteiger partial charge in [0.1, 0.15) is 0 Å². The van der Waals surface area contributed by atoms with Crippen molar-refractivity contribution in [1.82, 2.24) is 4.98 Å². The van der Waals surface area contributed by atoms with E-state index in [9.17, 15) is 14.9 Å². The summed E-state index contributed by atoms with van der Waals surface area (Å²) in [5, 5.41) is 11.0. The van der Waals surface area contributed by atoms with Crippen molar-refractivity contribution in [2.24, 2.45) is 5.92 Å². The molecule has 1 unspecified atom stereocenters. The molecular formula is C12H17N3O4. The van der Waals surface area contributed by atoms with E-state index in [1.54, 1.807) is 32.0 Å². The summed E-state index contributed by atoms with van der Waals surface area (Å²) in [5.74, 6) is -0.509. The highest BCUT2D eigenvalue weighted by Crippen LogP contribution is 2.26. The van der Waals surface area contributed by atoms with Crippen LogP contribution in [0.5, 0.6) is 0 Å². The van der Waals surface area contributed by atoms with Crippen LogP contribution in [0.3, 0.4) is 0 Å². The minimum atomic E-state index is -0.478. The van der Waals surface area contributed by atoms with Crippen LogP contribution < -0.4 is 4.90 Å². The Morgan fingerprint density at radius 3 is 2.79 bits per heavy atom. The second kappa shape index (κ2) is 6.12. The van der Waals surface area contributed by atoms with Gasteiger partial charge in [-0.2, -0.15) is 0 Å². The fourth-order valence-electron chi connectivity index (χ4n) is 1.75. The molecule has 1 aromatic rings. The zero-order valence-electron chi connectivity index (χ0n) is 11.4. The molecule has 0 amide bonds. The molecule has 7 nitrogen and oxygen atoms in total. The van der Waals surface area contributed by atoms with Crippen LogP contribution in [0.2, 0.25) is 0 Å². The van der Waals surface area contributed by atoms with Gasteiger partial charge < -0.3 is 9.64 Å². The first-order chi connectivity index (χ1) is 8.86. The van der Waals surface area contributed by atoms with E-state index in [2.05, 4.69) is 9.72 Å². The number of anilines is 1. The predicted octanol–water partition coefficient (Wildman–Crippen LogP) is 1.54. The number of rotatable bonds is 5. The Labute approximate surface area is 111 Å². The zero-order chi connectivity index (χ0) is 14.6. The van der Waals surface area contributed by atoms with Gasteiger partial charge in [-0.05, 0) is 12.5 Å². The first kappa shape index (κ1) is 14.9. The lowest BCUT2D eigenvalue weighted by atomic mass is 10.1. The molecule has 19 heavy (non-hydrogen) atoms. The molecule has 7 heteroatoms. The highest BCUT2D eigenvalue weighted by Gasteiger charge is 2.22. The van der Waals surface area contributed by atoms with Crippen molar-refractivity contribution in [2.75, 3.05) is 25.6 Å². The predicted molar refractivity (Wildman–Crippen MR) is 70.1 cm³/mol. The number of nitro groups is 1. The summed E-state index contributed by atoms with van der Waals surface area (Å²) < 4.78 is 4.63. The molecule has 0 aliphatic rings. The maximum atomic E-state index is 11.3. The Morgan fingerprint density at radius 1 is 1.63 bits per heavy atom. The van der Waals surface area contributed by atoms with Gasteiger partial charge in [-0.25, -0.2) is 4.98 Å². The van der Waals surface area contributed by atoms with E-state index in [4.69, 9.17) is 0 Å². The number of pyridine rings is 1. The zero-order valence-corrected chi connectivity index (χ0v) is 11.4. The van der Waals surface area contributed by atoms with E-state index in [1.165, 1.54) is 13.2 Å². The van der Waals surface area contributed by atoms with E-state index in [0.29, 0.717) is 12.1 Å². The van der Waals surface area contributed by atoms with Crippen molar-refractivity contribution in [3.63, 3.8) is 0 Å². The number of aryl methyl sites for hydroxylation is 1. The first-order valence-corrected chi connectivity index (χ1v) is 5.76. The van der Waals surface area contributed by atoms with Gasteiger partial charge in [-0.3, -0.25) is 14.9 Å². The molecule has 0 aliphatic heterocycles. The fourth-order valence-corrected chi connectivity index (χ4v) is 1.75. The number of nitrogens with zero attached hydrogens (tertiary/aromatic N) is 3. The Kier molecular flexibility index (Phi) is 4.80. The van der Waals surface area contributed by atoms with E-state index in [-0.39, 0.29) is 17.5 Å². The molecule has 104 valence electrons. The topological polar surface area (TPSA) is 85.6 Å². The molecule has 0 fully saturated rings. The smallest absolute Gasteiger partial charge is 0.311 e. The van der Waals surface area contributed by atoms with Gasteiger partial charge in [0.15, 0.2) is 0 Å². The number of aromatic nitrogens is 1. The number of methoxy groups -OCH3 is 1. The molecule has 0 aliphatic carbocycles. The molecule has 0 aromatic carbocycles. The number of ether oxygens (including phenoxy) is 1. The SMILES string of the molecule is COC(=O)C(C)CN(C)c1ncc(C)cc1[N+](=O)[O-]. The highest BCUT2D eigenvalue weighted by molar-refractivity contribution is 5.73. The Morgan fingerprint density at radius 2 is 2.26 bits per heavy atom. The third kappa shape index (κ3) is 3.64. The van der Waals surface area contributed by atoms with E-state index >= 15 is 0 Å². The molecule has 0 radical (unpaired) electrons. The third-order valence-corrected chi connectivity index (χ3v) is 2.69. The second-order valence-electron chi connectivity index (χ2n) is 4.42. The second-order valence-corrected chi connectivity index (χ2v) is 4.42. The summed E-state index contributed by atoms with van der Waals surface area (Å²) in [6.45, 7) is 3.73. The minimum Gasteiger partial charge on any atom is -0.469 e. The monoisotopic (exact) mass is 267 g/mol. The number of carbonyl (C=O) groups excluding carboxylic acids is 1. The maximum absolute atomic E-state index is 11.3. The summed E-state index contributed by atoms with van der Waals surface area (Å²) in [4.78, 5) is 27.5. The van der Waals surface area contributed by atoms with Gasteiger partial charge in [0, 0.05) is 25.9 Å². The van der Waals surface area contributed by atoms with Crippen molar-refractivity contribution in [1.29, 1.82) is 0 Å². The summed E-state index contributed by atoms with van der Waals surface area (Å²) in [6, 6.07) is 1.46. The molecule has 0 spiro atoms. The molecule has 0 saturated carbocycles. The van der Waals surface area contributed by atoms with E-state index < -0.39 is 10.8 Å². The lowest BCUT2D eigenvalue weighted by Gasteiger charge is -2.20. The van der Waals surface area contributed by atoms with Crippen LogP contribution in [0.1, 0.15) is 12.5 Å². The van der Waals surface area contributed by atoms with Gasteiger partial charge in [0.05, 0.1) is 18.0 Å². The van der Waals surface area contributed by atoms with Crippen LogP contribution in [0, 0.1) is 23.0 Å². The van der Waals surface area contributed by atoms with Gasteiger partial charge in [-0.1, -0.05) is 6.92 Å². The summed E-state index contributed by atoms with van der Waals surface area (Å²) >= 11 is 0. The summed E-state index contributed by atoms with van der Waals surface area (Å²) in [7, 11) is 2.97. The van der Waals surface area contributed by atoms with E-state index in [1.807, 2.05) is 0 Å². The largest absolute Gasteiger partial charge is 0.469 e. The lowest BCUT2D eigenvalue weighted by molar-refractivity contribution is -0.384. The molecule has 0 saturated heterocycles. The molecule has 1 atom stereocenters. The van der Waals surface area contributed by atoms with Gasteiger partial charge in [0.25, 0.3) is 0 Å². The van der Waals surface area contributed by atoms with Crippen LogP contribution in [-0.2, 0) is 9.53 Å². The molecular weight excluding hydrogens is 250 g/mol. The fraction of sp³-hybridized carbons (Fsp3) is 0.500. The van der Waals surface area contributed by atoms with Crippen LogP contribution in [-0.4, -0.2) is 36.6 Å². The maximum Gasteiger partial charge on any atom is 0.311 e. The average molecular weight is 267 g/mol. The van der Waals surface area contributed by atoms with Gasteiger partial charge in [0.2, 0.25) is 5.82 Å². The molecule has 1 heterocycles. The van der Waals surface area contributed by atoms with Crippen molar-refractivity contribution in [2.45, 2.75) is 13.8 Å². The first-order valence-electron chi connectivity index (χ1n) is 5.76. The Bertz CT molecular complexity index is 490. The average Bonchev–Trinajstić information content (AvgIpc) is 2.37. The summed E-state index contributed by atoms with van der Waals surface area (Å²) in [6.07, 6.45) is 1.56. The number of carbonyl (C=O) groups is 1. The van der Waals surface area contributed by atoms with Crippen molar-refractivity contribution in [3.05, 3.63) is 27.9 Å². The molecule has 0 N–H and O–H groups in total. The van der Waals surface area contributed by atoms with Crippen LogP contribution in [0.25, 0.3) is 0 Å². The third-order valence-electron chi connectivity index (χ3n) is 2.69. The van der Waals surface area contributed by atoms with Crippen LogP contribution in [0.15, 0.2) is 12.3 Å². The quantitative estimate of drug-likeness (QED) is 0.457. The number of hydrogen-bond acceptors (Lipinski definition) is 6. The number of esters is 1. The Balaban J connectivity index is 2.96. The highest BCUT2D eigenvalue weighted by atomic mass is 16.6. The molecule has 1 rings (SSSR count). The summed E-state index contributed by atoms with van der Waals surface area (Å²) in [5.41, 5.74) is 0.643. The van der Waals surface area contributed by atoms with Crippen molar-refractivity contribution in [3.8, 4) is 0 Å². The lowest BCUT2D eigenvalue weighted by Crippen LogP contribution is -2.30. The van der Waals surface area contributed by atoms with E-state index in [0.717, 1.165) is 0 Å². The van der Waals surface area contributed by atoms with Crippen LogP contribution >= 0.6 is 0 Å².